The summed E-state index contributed by atoms with van der Waals surface area (Å²) >= 11 is 0. The average molecular weight is 205 g/mol. The molecule has 0 unspecified atom stereocenters. The maximum absolute atomic E-state index is 4.15. The molecule has 0 aromatic carbocycles. The summed E-state index contributed by atoms with van der Waals surface area (Å²) in [6.45, 7) is 4.80. The molecule has 80 valence electrons. The molecule has 0 amide bonds. The summed E-state index contributed by atoms with van der Waals surface area (Å²) in [7, 11) is 1.91. The number of hydrogen-bond donors (Lipinski definition) is 2. The lowest BCUT2D eigenvalue weighted by Gasteiger charge is -2.06. The molecule has 2 aromatic rings. The van der Waals surface area contributed by atoms with Crippen LogP contribution in [0.4, 0.5) is 5.82 Å². The SMILES string of the molecule is Cc1n[nH]c(C)c1CNc1ccnn1C. The van der Waals surface area contributed by atoms with Gasteiger partial charge in [-0.2, -0.15) is 10.2 Å². The minimum absolute atomic E-state index is 0.772. The molecular formula is C10H15N5. The van der Waals surface area contributed by atoms with E-state index < -0.39 is 0 Å². The molecule has 2 aromatic heterocycles. The summed E-state index contributed by atoms with van der Waals surface area (Å²) in [5, 5.41) is 14.5. The maximum atomic E-state index is 4.15. The number of rotatable bonds is 3. The fourth-order valence-electron chi connectivity index (χ4n) is 1.56. The zero-order valence-corrected chi connectivity index (χ0v) is 9.20. The van der Waals surface area contributed by atoms with Crippen LogP contribution in [-0.4, -0.2) is 20.0 Å². The van der Waals surface area contributed by atoms with Crippen molar-refractivity contribution in [2.45, 2.75) is 20.4 Å². The standard InChI is InChI=1S/C10H15N5/c1-7-9(8(2)14-13-7)6-11-10-4-5-12-15(10)3/h4-5,11H,6H2,1-3H3,(H,13,14). The van der Waals surface area contributed by atoms with E-state index in [1.807, 2.05) is 31.6 Å². The molecule has 0 radical (unpaired) electrons. The number of anilines is 1. The lowest BCUT2D eigenvalue weighted by Crippen LogP contribution is -2.05. The van der Waals surface area contributed by atoms with Crippen molar-refractivity contribution < 1.29 is 0 Å². The van der Waals surface area contributed by atoms with Crippen LogP contribution in [0.5, 0.6) is 0 Å². The van der Waals surface area contributed by atoms with E-state index in [1.54, 1.807) is 6.20 Å². The van der Waals surface area contributed by atoms with E-state index >= 15 is 0 Å². The van der Waals surface area contributed by atoms with Gasteiger partial charge in [-0.3, -0.25) is 9.78 Å². The minimum atomic E-state index is 0.772. The highest BCUT2D eigenvalue weighted by molar-refractivity contribution is 5.36. The summed E-state index contributed by atoms with van der Waals surface area (Å²) in [5.41, 5.74) is 3.38. The van der Waals surface area contributed by atoms with E-state index in [2.05, 4.69) is 20.6 Å². The molecule has 0 aliphatic carbocycles. The summed E-state index contributed by atoms with van der Waals surface area (Å²) < 4.78 is 1.81. The third-order valence-corrected chi connectivity index (χ3v) is 2.55. The second-order valence-corrected chi connectivity index (χ2v) is 3.61. The van der Waals surface area contributed by atoms with Crippen molar-refractivity contribution >= 4 is 5.82 Å². The Hall–Kier alpha value is -1.78. The van der Waals surface area contributed by atoms with Crippen LogP contribution in [0.15, 0.2) is 12.3 Å². The number of hydrogen-bond acceptors (Lipinski definition) is 3. The van der Waals surface area contributed by atoms with Crippen molar-refractivity contribution in [3.63, 3.8) is 0 Å². The largest absolute Gasteiger partial charge is 0.366 e. The van der Waals surface area contributed by atoms with E-state index in [0.29, 0.717) is 0 Å². The van der Waals surface area contributed by atoms with Crippen LogP contribution in [0.2, 0.25) is 0 Å². The first-order valence-corrected chi connectivity index (χ1v) is 4.91. The van der Waals surface area contributed by atoms with E-state index in [9.17, 15) is 0 Å². The fourth-order valence-corrected chi connectivity index (χ4v) is 1.56. The van der Waals surface area contributed by atoms with Crippen molar-refractivity contribution in [1.29, 1.82) is 0 Å². The Balaban J connectivity index is 2.08. The predicted octanol–water partition coefficient (Wildman–Crippen LogP) is 1.37. The molecular weight excluding hydrogens is 190 g/mol. The molecule has 5 heteroatoms. The number of aromatic amines is 1. The van der Waals surface area contributed by atoms with Crippen LogP contribution in [0.3, 0.4) is 0 Å². The van der Waals surface area contributed by atoms with Gasteiger partial charge < -0.3 is 5.32 Å². The molecule has 2 N–H and O–H groups in total. The molecule has 15 heavy (non-hydrogen) atoms. The Morgan fingerprint density at radius 3 is 2.80 bits per heavy atom. The van der Waals surface area contributed by atoms with Crippen molar-refractivity contribution in [1.82, 2.24) is 20.0 Å². The van der Waals surface area contributed by atoms with Crippen LogP contribution in [0.25, 0.3) is 0 Å². The number of aromatic nitrogens is 4. The predicted molar refractivity (Wildman–Crippen MR) is 58.6 cm³/mol. The minimum Gasteiger partial charge on any atom is -0.366 e. The number of H-pyrrole nitrogens is 1. The van der Waals surface area contributed by atoms with Gasteiger partial charge in [0.05, 0.1) is 11.9 Å². The average Bonchev–Trinajstić information content (AvgIpc) is 2.73. The van der Waals surface area contributed by atoms with Crippen LogP contribution < -0.4 is 5.32 Å². The molecule has 0 spiro atoms. The molecule has 0 fully saturated rings. The van der Waals surface area contributed by atoms with Crippen LogP contribution in [0.1, 0.15) is 17.0 Å². The van der Waals surface area contributed by atoms with Gasteiger partial charge in [-0.05, 0) is 13.8 Å². The summed E-state index contributed by atoms with van der Waals surface area (Å²) in [4.78, 5) is 0. The first-order chi connectivity index (χ1) is 7.18. The highest BCUT2D eigenvalue weighted by Crippen LogP contribution is 2.12. The van der Waals surface area contributed by atoms with Gasteiger partial charge in [0.25, 0.3) is 0 Å². The zero-order valence-electron chi connectivity index (χ0n) is 9.20. The Bertz CT molecular complexity index is 435. The number of aryl methyl sites for hydroxylation is 3. The molecule has 0 bridgehead atoms. The molecule has 0 saturated carbocycles. The van der Waals surface area contributed by atoms with E-state index in [4.69, 9.17) is 0 Å². The second-order valence-electron chi connectivity index (χ2n) is 3.61. The number of nitrogens with one attached hydrogen (secondary N) is 2. The maximum Gasteiger partial charge on any atom is 0.124 e. The van der Waals surface area contributed by atoms with Crippen molar-refractivity contribution in [3.05, 3.63) is 29.2 Å². The molecule has 0 atom stereocenters. The highest BCUT2D eigenvalue weighted by Gasteiger charge is 2.06. The van der Waals surface area contributed by atoms with E-state index in [-0.39, 0.29) is 0 Å². The third kappa shape index (κ3) is 1.86. The van der Waals surface area contributed by atoms with Crippen molar-refractivity contribution in [2.75, 3.05) is 5.32 Å². The van der Waals surface area contributed by atoms with E-state index in [1.165, 1.54) is 5.56 Å². The van der Waals surface area contributed by atoms with Gasteiger partial charge in [0.2, 0.25) is 0 Å². The lowest BCUT2D eigenvalue weighted by atomic mass is 10.2. The lowest BCUT2D eigenvalue weighted by molar-refractivity contribution is 0.768. The molecule has 0 saturated heterocycles. The van der Waals surface area contributed by atoms with Crippen LogP contribution >= 0.6 is 0 Å². The third-order valence-electron chi connectivity index (χ3n) is 2.55. The van der Waals surface area contributed by atoms with Gasteiger partial charge in [-0.1, -0.05) is 0 Å². The summed E-state index contributed by atoms with van der Waals surface area (Å²) in [6, 6.07) is 1.95. The fraction of sp³-hybridized carbons (Fsp3) is 0.400. The smallest absolute Gasteiger partial charge is 0.124 e. The molecule has 0 aliphatic rings. The summed E-state index contributed by atoms with van der Waals surface area (Å²) in [6.07, 6.45) is 1.78. The van der Waals surface area contributed by atoms with Gasteiger partial charge in [0.15, 0.2) is 0 Å². The Morgan fingerprint density at radius 1 is 1.47 bits per heavy atom. The van der Waals surface area contributed by atoms with Crippen molar-refractivity contribution in [3.8, 4) is 0 Å². The second kappa shape index (κ2) is 3.76. The van der Waals surface area contributed by atoms with Crippen LogP contribution in [0, 0.1) is 13.8 Å². The Labute approximate surface area is 88.5 Å². The number of nitrogens with zero attached hydrogens (tertiary/aromatic N) is 3. The topological polar surface area (TPSA) is 58.5 Å². The Kier molecular flexibility index (Phi) is 2.45. The molecule has 5 nitrogen and oxygen atoms in total. The van der Waals surface area contributed by atoms with Gasteiger partial charge in [0, 0.05) is 30.9 Å². The highest BCUT2D eigenvalue weighted by atomic mass is 15.3. The Morgan fingerprint density at radius 2 is 2.27 bits per heavy atom. The first-order valence-electron chi connectivity index (χ1n) is 4.91. The van der Waals surface area contributed by atoms with Gasteiger partial charge in [-0.15, -0.1) is 0 Å². The monoisotopic (exact) mass is 205 g/mol. The van der Waals surface area contributed by atoms with Gasteiger partial charge in [-0.25, -0.2) is 0 Å². The normalized spacial score (nSPS) is 10.6. The van der Waals surface area contributed by atoms with E-state index in [0.717, 1.165) is 23.8 Å². The zero-order chi connectivity index (χ0) is 10.8. The first kappa shape index (κ1) is 9.76. The van der Waals surface area contributed by atoms with Gasteiger partial charge in [0.1, 0.15) is 5.82 Å². The van der Waals surface area contributed by atoms with Crippen LogP contribution in [-0.2, 0) is 13.6 Å². The molecule has 2 rings (SSSR count). The molecule has 0 aliphatic heterocycles. The quantitative estimate of drug-likeness (QED) is 0.795. The molecule has 2 heterocycles. The van der Waals surface area contributed by atoms with Crippen molar-refractivity contribution in [2.24, 2.45) is 7.05 Å². The van der Waals surface area contributed by atoms with Gasteiger partial charge >= 0.3 is 0 Å². The summed E-state index contributed by atoms with van der Waals surface area (Å²) in [5.74, 6) is 1.01.